The third-order valence-corrected chi connectivity index (χ3v) is 1.83. The summed E-state index contributed by atoms with van der Waals surface area (Å²) in [4.78, 5) is 14.6. The molecule has 0 aromatic carbocycles. The molecule has 0 saturated carbocycles. The highest BCUT2D eigenvalue weighted by atomic mass is 16.1. The molecule has 2 aromatic heterocycles. The van der Waals surface area contributed by atoms with Crippen molar-refractivity contribution in [3.63, 3.8) is 0 Å². The fourth-order valence-electron chi connectivity index (χ4n) is 1.13. The van der Waals surface area contributed by atoms with Crippen LogP contribution in [0.2, 0.25) is 0 Å². The highest BCUT2D eigenvalue weighted by Crippen LogP contribution is 2.12. The predicted octanol–water partition coefficient (Wildman–Crippen LogP) is -1.32. The molecule has 0 spiro atoms. The topological polar surface area (TPSA) is 136 Å². The van der Waals surface area contributed by atoms with Crippen LogP contribution in [0.4, 0.5) is 5.82 Å². The number of rotatable bonds is 1. The predicted molar refractivity (Wildman–Crippen MR) is 48.4 cm³/mol. The van der Waals surface area contributed by atoms with Crippen LogP contribution < -0.4 is 11.5 Å². The fourth-order valence-corrected chi connectivity index (χ4v) is 1.13. The summed E-state index contributed by atoms with van der Waals surface area (Å²) >= 11 is 0. The maximum absolute atomic E-state index is 10.9. The summed E-state index contributed by atoms with van der Waals surface area (Å²) in [6.07, 6.45) is 1.26. The van der Waals surface area contributed by atoms with E-state index in [0.717, 1.165) is 0 Å². The van der Waals surface area contributed by atoms with E-state index >= 15 is 0 Å². The molecule has 15 heavy (non-hydrogen) atoms. The smallest absolute Gasteiger partial charge is 0.271 e. The van der Waals surface area contributed by atoms with Crippen molar-refractivity contribution in [2.24, 2.45) is 5.73 Å². The molecule has 0 radical (unpaired) electrons. The maximum atomic E-state index is 10.9. The summed E-state index contributed by atoms with van der Waals surface area (Å²) in [5.74, 6) is -0.654. The lowest BCUT2D eigenvalue weighted by Crippen LogP contribution is -2.13. The average Bonchev–Trinajstić information content (AvgIpc) is 2.62. The summed E-state index contributed by atoms with van der Waals surface area (Å²) in [5.41, 5.74) is 10.7. The number of carbonyl (C=O) groups is 1. The SMILES string of the molecule is N#Cc1nnc2c(C(N)=O)ncn2c1N. The van der Waals surface area contributed by atoms with Gasteiger partial charge in [0, 0.05) is 0 Å². The lowest BCUT2D eigenvalue weighted by molar-refractivity contribution is 0.0997. The third kappa shape index (κ3) is 1.14. The molecule has 2 aromatic rings. The van der Waals surface area contributed by atoms with Crippen molar-refractivity contribution in [1.82, 2.24) is 19.6 Å². The second-order valence-corrected chi connectivity index (χ2v) is 2.70. The van der Waals surface area contributed by atoms with Crippen LogP contribution in [-0.2, 0) is 0 Å². The number of aromatic nitrogens is 4. The number of fused-ring (bicyclic) bond motifs is 1. The van der Waals surface area contributed by atoms with Crippen LogP contribution in [0.5, 0.6) is 0 Å². The number of primary amides is 1. The standard InChI is InChI=1S/C7H5N7O/c8-1-3-5(9)14-2-11-4(6(10)15)7(14)13-12-3/h2H,9H2,(H2,10,15). The van der Waals surface area contributed by atoms with Crippen LogP contribution in [-0.4, -0.2) is 25.5 Å². The molecular formula is C7H5N7O. The number of carbonyl (C=O) groups excluding carboxylic acids is 1. The van der Waals surface area contributed by atoms with E-state index in [-0.39, 0.29) is 22.9 Å². The molecule has 0 saturated heterocycles. The summed E-state index contributed by atoms with van der Waals surface area (Å²) in [6.45, 7) is 0. The van der Waals surface area contributed by atoms with E-state index in [4.69, 9.17) is 16.7 Å². The van der Waals surface area contributed by atoms with Gasteiger partial charge in [-0.05, 0) is 0 Å². The molecule has 0 bridgehead atoms. The quantitative estimate of drug-likeness (QED) is 0.589. The zero-order valence-corrected chi connectivity index (χ0v) is 7.38. The Morgan fingerprint density at radius 3 is 2.87 bits per heavy atom. The van der Waals surface area contributed by atoms with E-state index in [1.165, 1.54) is 10.7 Å². The minimum absolute atomic E-state index is 0.0290. The van der Waals surface area contributed by atoms with Gasteiger partial charge >= 0.3 is 0 Å². The molecule has 2 rings (SSSR count). The van der Waals surface area contributed by atoms with E-state index in [0.29, 0.717) is 0 Å². The zero-order valence-electron chi connectivity index (χ0n) is 7.38. The molecule has 0 aliphatic heterocycles. The highest BCUT2D eigenvalue weighted by molar-refractivity contribution is 5.96. The molecule has 1 amide bonds. The van der Waals surface area contributed by atoms with Crippen molar-refractivity contribution in [1.29, 1.82) is 5.26 Å². The summed E-state index contributed by atoms with van der Waals surface area (Å²) < 4.78 is 1.28. The number of hydrogen-bond acceptors (Lipinski definition) is 6. The van der Waals surface area contributed by atoms with Gasteiger partial charge in [-0.15, -0.1) is 10.2 Å². The first-order valence-corrected chi connectivity index (χ1v) is 3.84. The summed E-state index contributed by atoms with van der Waals surface area (Å²) in [5, 5.41) is 15.8. The number of nitrogens with zero attached hydrogens (tertiary/aromatic N) is 5. The van der Waals surface area contributed by atoms with Crippen LogP contribution in [0.1, 0.15) is 16.2 Å². The first-order chi connectivity index (χ1) is 7.15. The van der Waals surface area contributed by atoms with Gasteiger partial charge in [-0.1, -0.05) is 0 Å². The van der Waals surface area contributed by atoms with Crippen molar-refractivity contribution >= 4 is 17.4 Å². The monoisotopic (exact) mass is 203 g/mol. The number of nitrogens with two attached hydrogens (primary N) is 2. The molecule has 8 nitrogen and oxygen atoms in total. The first kappa shape index (κ1) is 8.89. The molecule has 0 aliphatic carbocycles. The second-order valence-electron chi connectivity index (χ2n) is 2.70. The molecule has 74 valence electrons. The van der Waals surface area contributed by atoms with Gasteiger partial charge in [0.1, 0.15) is 18.2 Å². The Morgan fingerprint density at radius 2 is 2.27 bits per heavy atom. The van der Waals surface area contributed by atoms with E-state index in [9.17, 15) is 4.79 Å². The van der Waals surface area contributed by atoms with Crippen molar-refractivity contribution < 1.29 is 4.79 Å². The van der Waals surface area contributed by atoms with Crippen molar-refractivity contribution in [2.75, 3.05) is 5.73 Å². The van der Waals surface area contributed by atoms with Crippen LogP contribution in [0.15, 0.2) is 6.33 Å². The highest BCUT2D eigenvalue weighted by Gasteiger charge is 2.15. The molecule has 4 N–H and O–H groups in total. The van der Waals surface area contributed by atoms with Gasteiger partial charge in [0.15, 0.2) is 11.3 Å². The van der Waals surface area contributed by atoms with Gasteiger partial charge in [-0.25, -0.2) is 4.98 Å². The van der Waals surface area contributed by atoms with E-state index in [1.807, 2.05) is 0 Å². The lowest BCUT2D eigenvalue weighted by atomic mass is 10.4. The van der Waals surface area contributed by atoms with Crippen LogP contribution in [0.3, 0.4) is 0 Å². The van der Waals surface area contributed by atoms with Gasteiger partial charge in [0.05, 0.1) is 0 Å². The Bertz CT molecular complexity index is 593. The van der Waals surface area contributed by atoms with Crippen LogP contribution in [0, 0.1) is 11.3 Å². The number of imidazole rings is 1. The van der Waals surface area contributed by atoms with E-state index in [2.05, 4.69) is 15.2 Å². The second kappa shape index (κ2) is 2.91. The number of nitriles is 1. The number of nitrogen functional groups attached to an aromatic ring is 1. The van der Waals surface area contributed by atoms with E-state index in [1.54, 1.807) is 6.07 Å². The maximum Gasteiger partial charge on any atom is 0.271 e. The van der Waals surface area contributed by atoms with Crippen molar-refractivity contribution in [3.8, 4) is 6.07 Å². The van der Waals surface area contributed by atoms with Gasteiger partial charge < -0.3 is 11.5 Å². The van der Waals surface area contributed by atoms with E-state index < -0.39 is 5.91 Å². The van der Waals surface area contributed by atoms with Gasteiger partial charge in [-0.3, -0.25) is 9.20 Å². The third-order valence-electron chi connectivity index (χ3n) is 1.83. The Hall–Kier alpha value is -2.69. The Kier molecular flexibility index (Phi) is 1.73. The molecule has 8 heteroatoms. The molecule has 0 atom stereocenters. The van der Waals surface area contributed by atoms with Gasteiger partial charge in [-0.2, -0.15) is 5.26 Å². The molecule has 0 unspecified atom stereocenters. The molecule has 0 aliphatic rings. The summed E-state index contributed by atoms with van der Waals surface area (Å²) in [6, 6.07) is 1.76. The average molecular weight is 203 g/mol. The van der Waals surface area contributed by atoms with Crippen LogP contribution in [0.25, 0.3) is 5.65 Å². The van der Waals surface area contributed by atoms with Gasteiger partial charge in [0.2, 0.25) is 5.69 Å². The number of amides is 1. The normalized spacial score (nSPS) is 10.1. The zero-order chi connectivity index (χ0) is 11.0. The number of anilines is 1. The van der Waals surface area contributed by atoms with Gasteiger partial charge in [0.25, 0.3) is 5.91 Å². The number of hydrogen-bond donors (Lipinski definition) is 2. The molecule has 0 fully saturated rings. The fraction of sp³-hybridized carbons (Fsp3) is 0. The minimum Gasteiger partial charge on any atom is -0.382 e. The first-order valence-electron chi connectivity index (χ1n) is 3.84. The Morgan fingerprint density at radius 1 is 1.53 bits per heavy atom. The minimum atomic E-state index is -0.726. The molecular weight excluding hydrogens is 198 g/mol. The lowest BCUT2D eigenvalue weighted by Gasteiger charge is -1.98. The van der Waals surface area contributed by atoms with Crippen molar-refractivity contribution in [3.05, 3.63) is 17.7 Å². The van der Waals surface area contributed by atoms with Crippen LogP contribution >= 0.6 is 0 Å². The Labute approximate surface area is 83.1 Å². The Balaban J connectivity index is 2.83. The van der Waals surface area contributed by atoms with Crippen molar-refractivity contribution in [2.45, 2.75) is 0 Å². The summed E-state index contributed by atoms with van der Waals surface area (Å²) in [7, 11) is 0. The molecule has 2 heterocycles. The largest absolute Gasteiger partial charge is 0.382 e.